The summed E-state index contributed by atoms with van der Waals surface area (Å²) in [7, 11) is 2.04. The van der Waals surface area contributed by atoms with Crippen molar-refractivity contribution < 1.29 is 0 Å². The Morgan fingerprint density at radius 1 is 1.33 bits per heavy atom. The van der Waals surface area contributed by atoms with Crippen LogP contribution in [0.5, 0.6) is 0 Å². The van der Waals surface area contributed by atoms with Crippen LogP contribution in [0.2, 0.25) is 0 Å². The molecule has 3 nitrogen and oxygen atoms in total. The Hall–Kier alpha value is -0.990. The van der Waals surface area contributed by atoms with Crippen molar-refractivity contribution in [1.29, 1.82) is 0 Å². The van der Waals surface area contributed by atoms with Gasteiger partial charge in [0.1, 0.15) is 11.6 Å². The zero-order valence-electron chi connectivity index (χ0n) is 9.95. The summed E-state index contributed by atoms with van der Waals surface area (Å²) in [5.41, 5.74) is 7.14. The first-order chi connectivity index (χ1) is 7.11. The van der Waals surface area contributed by atoms with E-state index in [-0.39, 0.29) is 0 Å². The third-order valence-corrected chi connectivity index (χ3v) is 3.47. The van der Waals surface area contributed by atoms with Crippen molar-refractivity contribution in [1.82, 2.24) is 9.55 Å². The third kappa shape index (κ3) is 1.75. The SMILES string of the molecule is CC(C)c1nc(C2CCCC2)n(C)c1N. The average Bonchev–Trinajstić information content (AvgIpc) is 2.77. The summed E-state index contributed by atoms with van der Waals surface area (Å²) in [4.78, 5) is 4.73. The molecule has 2 rings (SSSR count). The molecule has 0 aromatic carbocycles. The highest BCUT2D eigenvalue weighted by Gasteiger charge is 2.24. The number of anilines is 1. The Kier molecular flexibility index (Phi) is 2.72. The zero-order valence-corrected chi connectivity index (χ0v) is 9.95. The molecule has 0 amide bonds. The first kappa shape index (κ1) is 10.5. The Balaban J connectivity index is 2.35. The highest BCUT2D eigenvalue weighted by molar-refractivity contribution is 5.40. The van der Waals surface area contributed by atoms with Crippen molar-refractivity contribution in [3.8, 4) is 0 Å². The van der Waals surface area contributed by atoms with E-state index in [9.17, 15) is 0 Å². The molecule has 1 aliphatic carbocycles. The molecule has 0 spiro atoms. The van der Waals surface area contributed by atoms with Crippen molar-refractivity contribution in [2.24, 2.45) is 7.05 Å². The number of nitrogens with zero attached hydrogens (tertiary/aromatic N) is 2. The number of hydrogen-bond donors (Lipinski definition) is 1. The minimum absolute atomic E-state index is 0.423. The molecule has 1 saturated carbocycles. The molecule has 3 heteroatoms. The highest BCUT2D eigenvalue weighted by Crippen LogP contribution is 2.35. The lowest BCUT2D eigenvalue weighted by Crippen LogP contribution is -2.05. The van der Waals surface area contributed by atoms with E-state index in [4.69, 9.17) is 10.7 Å². The fourth-order valence-electron chi connectivity index (χ4n) is 2.52. The molecule has 1 aromatic rings. The van der Waals surface area contributed by atoms with Gasteiger partial charge in [-0.15, -0.1) is 0 Å². The lowest BCUT2D eigenvalue weighted by Gasteiger charge is -2.08. The summed E-state index contributed by atoms with van der Waals surface area (Å²) >= 11 is 0. The summed E-state index contributed by atoms with van der Waals surface area (Å²) in [6.45, 7) is 4.30. The maximum absolute atomic E-state index is 6.07. The summed E-state index contributed by atoms with van der Waals surface area (Å²) in [5.74, 6) is 3.12. The van der Waals surface area contributed by atoms with Crippen LogP contribution >= 0.6 is 0 Å². The summed E-state index contributed by atoms with van der Waals surface area (Å²) in [6, 6.07) is 0. The van der Waals surface area contributed by atoms with Gasteiger partial charge in [0.25, 0.3) is 0 Å². The van der Waals surface area contributed by atoms with Gasteiger partial charge < -0.3 is 10.3 Å². The predicted molar refractivity (Wildman–Crippen MR) is 62.9 cm³/mol. The zero-order chi connectivity index (χ0) is 11.0. The average molecular weight is 207 g/mol. The smallest absolute Gasteiger partial charge is 0.126 e. The molecule has 0 saturated heterocycles. The van der Waals surface area contributed by atoms with Gasteiger partial charge in [-0.1, -0.05) is 26.7 Å². The molecule has 0 atom stereocenters. The van der Waals surface area contributed by atoms with E-state index in [1.165, 1.54) is 31.5 Å². The van der Waals surface area contributed by atoms with Gasteiger partial charge in [-0.25, -0.2) is 4.98 Å². The number of aromatic nitrogens is 2. The van der Waals surface area contributed by atoms with Gasteiger partial charge in [0.05, 0.1) is 5.69 Å². The van der Waals surface area contributed by atoms with E-state index in [1.54, 1.807) is 0 Å². The number of nitrogens with two attached hydrogens (primary N) is 1. The molecular weight excluding hydrogens is 186 g/mol. The number of nitrogen functional groups attached to an aromatic ring is 1. The van der Waals surface area contributed by atoms with Crippen molar-refractivity contribution in [3.63, 3.8) is 0 Å². The highest BCUT2D eigenvalue weighted by atomic mass is 15.1. The molecular formula is C12H21N3. The first-order valence-corrected chi connectivity index (χ1v) is 5.93. The molecule has 0 radical (unpaired) electrons. The second-order valence-corrected chi connectivity index (χ2v) is 4.94. The van der Waals surface area contributed by atoms with Gasteiger partial charge in [-0.05, 0) is 18.8 Å². The van der Waals surface area contributed by atoms with Crippen molar-refractivity contribution in [3.05, 3.63) is 11.5 Å². The van der Waals surface area contributed by atoms with E-state index in [2.05, 4.69) is 18.4 Å². The summed E-state index contributed by atoms with van der Waals surface area (Å²) in [6.07, 6.45) is 5.24. The van der Waals surface area contributed by atoms with Gasteiger partial charge in [0, 0.05) is 13.0 Å². The van der Waals surface area contributed by atoms with Crippen LogP contribution in [0, 0.1) is 0 Å². The lowest BCUT2D eigenvalue weighted by atomic mass is 10.1. The topological polar surface area (TPSA) is 43.8 Å². The maximum atomic E-state index is 6.07. The molecule has 2 N–H and O–H groups in total. The molecule has 84 valence electrons. The minimum atomic E-state index is 0.423. The van der Waals surface area contributed by atoms with Crippen LogP contribution in [-0.2, 0) is 7.05 Å². The van der Waals surface area contributed by atoms with Crippen LogP contribution in [0.3, 0.4) is 0 Å². The fraction of sp³-hybridized carbons (Fsp3) is 0.750. The van der Waals surface area contributed by atoms with Crippen molar-refractivity contribution in [2.45, 2.75) is 51.4 Å². The molecule has 1 aliphatic rings. The minimum Gasteiger partial charge on any atom is -0.384 e. The van der Waals surface area contributed by atoms with Crippen LogP contribution in [0.4, 0.5) is 5.82 Å². The van der Waals surface area contributed by atoms with Gasteiger partial charge in [-0.2, -0.15) is 0 Å². The maximum Gasteiger partial charge on any atom is 0.126 e. The Morgan fingerprint density at radius 3 is 2.40 bits per heavy atom. The van der Waals surface area contributed by atoms with Crippen LogP contribution < -0.4 is 5.73 Å². The molecule has 1 fully saturated rings. The van der Waals surface area contributed by atoms with Crippen LogP contribution in [-0.4, -0.2) is 9.55 Å². The van der Waals surface area contributed by atoms with Gasteiger partial charge >= 0.3 is 0 Å². The largest absolute Gasteiger partial charge is 0.384 e. The van der Waals surface area contributed by atoms with Gasteiger partial charge in [-0.3, -0.25) is 0 Å². The third-order valence-electron chi connectivity index (χ3n) is 3.47. The normalized spacial score (nSPS) is 17.9. The van der Waals surface area contributed by atoms with Crippen molar-refractivity contribution >= 4 is 5.82 Å². The molecule has 0 bridgehead atoms. The number of hydrogen-bond acceptors (Lipinski definition) is 2. The molecule has 0 unspecified atom stereocenters. The standard InChI is InChI=1S/C12H21N3/c1-8(2)10-11(13)15(3)12(14-10)9-6-4-5-7-9/h8-9H,4-7,13H2,1-3H3. The van der Waals surface area contributed by atoms with Crippen LogP contribution in [0.15, 0.2) is 0 Å². The molecule has 0 aliphatic heterocycles. The Morgan fingerprint density at radius 2 is 1.93 bits per heavy atom. The van der Waals surface area contributed by atoms with E-state index in [1.807, 2.05) is 7.05 Å². The summed E-state index contributed by atoms with van der Waals surface area (Å²) in [5, 5.41) is 0. The van der Waals surface area contributed by atoms with E-state index >= 15 is 0 Å². The Bertz CT molecular complexity index is 346. The summed E-state index contributed by atoms with van der Waals surface area (Å²) < 4.78 is 2.09. The number of imidazole rings is 1. The van der Waals surface area contributed by atoms with E-state index in [0.29, 0.717) is 11.8 Å². The first-order valence-electron chi connectivity index (χ1n) is 5.93. The second-order valence-electron chi connectivity index (χ2n) is 4.94. The van der Waals surface area contributed by atoms with Crippen molar-refractivity contribution in [2.75, 3.05) is 5.73 Å². The van der Waals surface area contributed by atoms with Gasteiger partial charge in [0.2, 0.25) is 0 Å². The molecule has 1 heterocycles. The molecule has 15 heavy (non-hydrogen) atoms. The quantitative estimate of drug-likeness (QED) is 0.810. The number of rotatable bonds is 2. The van der Waals surface area contributed by atoms with E-state index < -0.39 is 0 Å². The van der Waals surface area contributed by atoms with E-state index in [0.717, 1.165) is 11.5 Å². The lowest BCUT2D eigenvalue weighted by molar-refractivity contribution is 0.633. The Labute approximate surface area is 91.7 Å². The van der Waals surface area contributed by atoms with Crippen LogP contribution in [0.1, 0.15) is 62.9 Å². The molecule has 1 aromatic heterocycles. The van der Waals surface area contributed by atoms with Gasteiger partial charge in [0.15, 0.2) is 0 Å². The van der Waals surface area contributed by atoms with Crippen LogP contribution in [0.25, 0.3) is 0 Å². The predicted octanol–water partition coefficient (Wildman–Crippen LogP) is 2.78. The monoisotopic (exact) mass is 207 g/mol. The fourth-order valence-corrected chi connectivity index (χ4v) is 2.52. The second kappa shape index (κ2) is 3.87.